The van der Waals surface area contributed by atoms with Gasteiger partial charge in [-0.15, -0.1) is 0 Å². The number of ether oxygens (including phenoxy) is 1. The number of carbonyl (C=O) groups excluding carboxylic acids is 1. The number of amides is 1. The van der Waals surface area contributed by atoms with Crippen molar-refractivity contribution in [2.75, 3.05) is 38.5 Å². The molecule has 0 fully saturated rings. The van der Waals surface area contributed by atoms with E-state index in [-0.39, 0.29) is 5.91 Å². The van der Waals surface area contributed by atoms with Crippen LogP contribution in [0.1, 0.15) is 19.4 Å². The third kappa shape index (κ3) is 7.02. The largest absolute Gasteiger partial charge is 0.487 e. The Bertz CT molecular complexity index is 537. The molecule has 0 unspecified atom stereocenters. The molecule has 0 heterocycles. The van der Waals surface area contributed by atoms with E-state index in [0.29, 0.717) is 24.6 Å². The standard InChI is InChI=1S/C18H27N3O2/c1-4-13-23-17-9-7-15(14-16(17)19)8-10-18(22)20-11-12-21(5-2)6-3/h4,7-10,14H,1,5-6,11-13,19H2,2-3H3,(H,20,22)/b10-8-. The molecule has 0 spiro atoms. The first-order valence-electron chi connectivity index (χ1n) is 7.92. The van der Waals surface area contributed by atoms with Gasteiger partial charge in [0.2, 0.25) is 5.91 Å². The molecular formula is C18H27N3O2. The highest BCUT2D eigenvalue weighted by molar-refractivity contribution is 5.91. The highest BCUT2D eigenvalue weighted by atomic mass is 16.5. The number of rotatable bonds is 10. The summed E-state index contributed by atoms with van der Waals surface area (Å²) in [7, 11) is 0. The van der Waals surface area contributed by atoms with Gasteiger partial charge in [0.15, 0.2) is 0 Å². The Morgan fingerprint density at radius 2 is 2.13 bits per heavy atom. The lowest BCUT2D eigenvalue weighted by atomic mass is 10.1. The monoisotopic (exact) mass is 317 g/mol. The van der Waals surface area contributed by atoms with Gasteiger partial charge in [-0.2, -0.15) is 0 Å². The molecule has 0 atom stereocenters. The molecule has 5 nitrogen and oxygen atoms in total. The van der Waals surface area contributed by atoms with E-state index < -0.39 is 0 Å². The Balaban J connectivity index is 2.48. The molecule has 1 aromatic rings. The highest BCUT2D eigenvalue weighted by Gasteiger charge is 2.02. The van der Waals surface area contributed by atoms with Gasteiger partial charge in [-0.1, -0.05) is 32.6 Å². The summed E-state index contributed by atoms with van der Waals surface area (Å²) in [5.74, 6) is 0.508. The number of likely N-dealkylation sites (N-methyl/N-ethyl adjacent to an activating group) is 1. The normalized spacial score (nSPS) is 10.9. The molecule has 126 valence electrons. The summed E-state index contributed by atoms with van der Waals surface area (Å²) in [6, 6.07) is 5.42. The van der Waals surface area contributed by atoms with Crippen LogP contribution in [0.3, 0.4) is 0 Å². The third-order valence-corrected chi connectivity index (χ3v) is 3.44. The Labute approximate surface area is 138 Å². The second kappa shape index (κ2) is 10.5. The highest BCUT2D eigenvalue weighted by Crippen LogP contribution is 2.23. The fourth-order valence-electron chi connectivity index (χ4n) is 2.06. The number of benzene rings is 1. The number of nitrogen functional groups attached to an aromatic ring is 1. The van der Waals surface area contributed by atoms with Crippen LogP contribution in [0.25, 0.3) is 6.08 Å². The lowest BCUT2D eigenvalue weighted by Gasteiger charge is -2.17. The van der Waals surface area contributed by atoms with Crippen LogP contribution in [-0.2, 0) is 4.79 Å². The molecule has 1 amide bonds. The third-order valence-electron chi connectivity index (χ3n) is 3.44. The van der Waals surface area contributed by atoms with Crippen LogP contribution in [0.5, 0.6) is 5.75 Å². The summed E-state index contributed by atoms with van der Waals surface area (Å²) in [5, 5.41) is 2.87. The van der Waals surface area contributed by atoms with Crippen molar-refractivity contribution in [3.05, 3.63) is 42.5 Å². The van der Waals surface area contributed by atoms with Crippen LogP contribution in [0, 0.1) is 0 Å². The minimum atomic E-state index is -0.109. The number of hydrogen-bond acceptors (Lipinski definition) is 4. The summed E-state index contributed by atoms with van der Waals surface area (Å²) in [5.41, 5.74) is 7.31. The van der Waals surface area contributed by atoms with Crippen LogP contribution in [0.15, 0.2) is 36.9 Å². The van der Waals surface area contributed by atoms with Crippen molar-refractivity contribution >= 4 is 17.7 Å². The second-order valence-electron chi connectivity index (χ2n) is 5.05. The first-order valence-corrected chi connectivity index (χ1v) is 7.92. The van der Waals surface area contributed by atoms with Crippen LogP contribution >= 0.6 is 0 Å². The van der Waals surface area contributed by atoms with Crippen LogP contribution < -0.4 is 15.8 Å². The predicted octanol–water partition coefficient (Wildman–Crippen LogP) is 2.30. The zero-order valence-corrected chi connectivity index (χ0v) is 14.0. The molecular weight excluding hydrogens is 290 g/mol. The number of nitrogens with two attached hydrogens (primary N) is 1. The van der Waals surface area contributed by atoms with Crippen molar-refractivity contribution in [1.82, 2.24) is 10.2 Å². The number of anilines is 1. The molecule has 0 aromatic heterocycles. The molecule has 0 radical (unpaired) electrons. The molecule has 1 aromatic carbocycles. The molecule has 0 bridgehead atoms. The quantitative estimate of drug-likeness (QED) is 0.395. The summed E-state index contributed by atoms with van der Waals surface area (Å²) in [6.07, 6.45) is 4.91. The number of hydrogen-bond donors (Lipinski definition) is 2. The van der Waals surface area contributed by atoms with E-state index >= 15 is 0 Å². The van der Waals surface area contributed by atoms with E-state index in [9.17, 15) is 4.79 Å². The molecule has 5 heteroatoms. The maximum atomic E-state index is 11.8. The maximum Gasteiger partial charge on any atom is 0.244 e. The Kier molecular flexibility index (Phi) is 8.54. The van der Waals surface area contributed by atoms with E-state index in [2.05, 4.69) is 30.6 Å². The van der Waals surface area contributed by atoms with Gasteiger partial charge in [-0.3, -0.25) is 4.79 Å². The number of nitrogens with zero attached hydrogens (tertiary/aromatic N) is 1. The lowest BCUT2D eigenvalue weighted by Crippen LogP contribution is -2.34. The van der Waals surface area contributed by atoms with Gasteiger partial charge >= 0.3 is 0 Å². The molecule has 0 saturated carbocycles. The first kappa shape index (κ1) is 18.8. The van der Waals surface area contributed by atoms with Gasteiger partial charge in [0, 0.05) is 19.2 Å². The second-order valence-corrected chi connectivity index (χ2v) is 5.05. The van der Waals surface area contributed by atoms with Crippen molar-refractivity contribution in [1.29, 1.82) is 0 Å². The molecule has 1 rings (SSSR count). The van der Waals surface area contributed by atoms with Crippen LogP contribution in [0.4, 0.5) is 5.69 Å². The van der Waals surface area contributed by atoms with Crippen LogP contribution in [0.2, 0.25) is 0 Å². The van der Waals surface area contributed by atoms with Crippen molar-refractivity contribution in [3.8, 4) is 5.75 Å². The first-order chi connectivity index (χ1) is 11.1. The average molecular weight is 317 g/mol. The van der Waals surface area contributed by atoms with E-state index in [4.69, 9.17) is 10.5 Å². The molecule has 3 N–H and O–H groups in total. The van der Waals surface area contributed by atoms with Gasteiger partial charge in [-0.25, -0.2) is 0 Å². The average Bonchev–Trinajstić information content (AvgIpc) is 2.56. The Hall–Kier alpha value is -2.27. The van der Waals surface area contributed by atoms with E-state index in [1.54, 1.807) is 24.3 Å². The number of carbonyl (C=O) groups is 1. The zero-order chi connectivity index (χ0) is 17.1. The van der Waals surface area contributed by atoms with Crippen LogP contribution in [-0.4, -0.2) is 43.6 Å². The van der Waals surface area contributed by atoms with Gasteiger partial charge < -0.3 is 20.7 Å². The fourth-order valence-corrected chi connectivity index (χ4v) is 2.06. The topological polar surface area (TPSA) is 67.6 Å². The van der Waals surface area contributed by atoms with E-state index in [0.717, 1.165) is 25.2 Å². The van der Waals surface area contributed by atoms with E-state index in [1.807, 2.05) is 6.07 Å². The Morgan fingerprint density at radius 1 is 1.39 bits per heavy atom. The summed E-state index contributed by atoms with van der Waals surface area (Å²) in [4.78, 5) is 14.0. The van der Waals surface area contributed by atoms with Gasteiger partial charge in [0.1, 0.15) is 12.4 Å². The number of nitrogens with one attached hydrogen (secondary N) is 1. The molecule has 23 heavy (non-hydrogen) atoms. The van der Waals surface area contributed by atoms with Gasteiger partial charge in [0.25, 0.3) is 0 Å². The van der Waals surface area contributed by atoms with Gasteiger partial charge in [-0.05, 0) is 36.9 Å². The molecule has 0 aliphatic carbocycles. The van der Waals surface area contributed by atoms with Crippen molar-refractivity contribution < 1.29 is 9.53 Å². The minimum absolute atomic E-state index is 0.109. The Morgan fingerprint density at radius 3 is 2.74 bits per heavy atom. The van der Waals surface area contributed by atoms with Gasteiger partial charge in [0.05, 0.1) is 5.69 Å². The SMILES string of the molecule is C=CCOc1ccc(/C=C\C(=O)NCCN(CC)CC)cc1N. The van der Waals surface area contributed by atoms with Crippen molar-refractivity contribution in [2.45, 2.75) is 13.8 Å². The summed E-state index contributed by atoms with van der Waals surface area (Å²) < 4.78 is 5.41. The van der Waals surface area contributed by atoms with Crippen molar-refractivity contribution in [3.63, 3.8) is 0 Å². The summed E-state index contributed by atoms with van der Waals surface area (Å²) in [6.45, 7) is 11.7. The molecule has 0 aliphatic heterocycles. The lowest BCUT2D eigenvalue weighted by molar-refractivity contribution is -0.116. The maximum absolute atomic E-state index is 11.8. The van der Waals surface area contributed by atoms with E-state index in [1.165, 1.54) is 6.08 Å². The molecule has 0 aliphatic rings. The molecule has 0 saturated heterocycles. The fraction of sp³-hybridized carbons (Fsp3) is 0.389. The summed E-state index contributed by atoms with van der Waals surface area (Å²) >= 11 is 0. The van der Waals surface area contributed by atoms with Crippen molar-refractivity contribution in [2.24, 2.45) is 0 Å². The predicted molar refractivity (Wildman–Crippen MR) is 96.4 cm³/mol. The smallest absolute Gasteiger partial charge is 0.244 e. The minimum Gasteiger partial charge on any atom is -0.487 e. The zero-order valence-electron chi connectivity index (χ0n) is 14.0.